The van der Waals surface area contributed by atoms with Crippen molar-refractivity contribution in [3.8, 4) is 5.75 Å². The first kappa shape index (κ1) is 18.7. The van der Waals surface area contributed by atoms with E-state index < -0.39 is 6.10 Å². The Morgan fingerprint density at radius 1 is 1.27 bits per heavy atom. The van der Waals surface area contributed by atoms with Crippen molar-refractivity contribution in [1.29, 1.82) is 0 Å². The zero-order valence-electron chi connectivity index (χ0n) is 14.0. The fraction of sp³-hybridized carbons (Fsp3) is 0.579. The van der Waals surface area contributed by atoms with Crippen LogP contribution in [0.3, 0.4) is 0 Å². The van der Waals surface area contributed by atoms with E-state index >= 15 is 0 Å². The molecule has 0 amide bonds. The lowest BCUT2D eigenvalue weighted by molar-refractivity contribution is 0.134. The zero-order chi connectivity index (χ0) is 16.4. The zero-order valence-corrected chi connectivity index (χ0v) is 14.0. The fourth-order valence-electron chi connectivity index (χ4n) is 2.73. The van der Waals surface area contributed by atoms with Crippen LogP contribution >= 0.6 is 0 Å². The van der Waals surface area contributed by atoms with Gasteiger partial charge in [-0.25, -0.2) is 0 Å². The highest BCUT2D eigenvalue weighted by atomic mass is 16.5. The maximum Gasteiger partial charge on any atom is 0.119 e. The van der Waals surface area contributed by atoms with Gasteiger partial charge in [-0.1, -0.05) is 44.9 Å². The smallest absolute Gasteiger partial charge is 0.119 e. The van der Waals surface area contributed by atoms with Crippen molar-refractivity contribution in [2.75, 3.05) is 13.2 Å². The second kappa shape index (κ2) is 10.4. The van der Waals surface area contributed by atoms with Crippen LogP contribution in [0.15, 0.2) is 36.9 Å². The lowest BCUT2D eigenvalue weighted by Gasteiger charge is -2.20. The first-order valence-electron chi connectivity index (χ1n) is 8.39. The highest BCUT2D eigenvalue weighted by Crippen LogP contribution is 2.26. The molecule has 0 spiro atoms. The molecule has 22 heavy (non-hydrogen) atoms. The van der Waals surface area contributed by atoms with Gasteiger partial charge in [-0.3, -0.25) is 0 Å². The molecule has 0 fully saturated rings. The number of rotatable bonds is 11. The summed E-state index contributed by atoms with van der Waals surface area (Å²) in [7, 11) is 0. The first-order valence-corrected chi connectivity index (χ1v) is 8.39. The van der Waals surface area contributed by atoms with E-state index in [1.165, 1.54) is 25.7 Å². The van der Waals surface area contributed by atoms with Crippen LogP contribution in [-0.4, -0.2) is 18.3 Å². The van der Waals surface area contributed by atoms with E-state index in [2.05, 4.69) is 20.4 Å². The van der Waals surface area contributed by atoms with E-state index in [-0.39, 0.29) is 5.92 Å². The van der Waals surface area contributed by atoms with Crippen LogP contribution in [0.25, 0.3) is 0 Å². The van der Waals surface area contributed by atoms with Gasteiger partial charge >= 0.3 is 0 Å². The molecule has 2 atom stereocenters. The second-order valence-electron chi connectivity index (χ2n) is 5.91. The highest BCUT2D eigenvalue weighted by Gasteiger charge is 2.17. The maximum atomic E-state index is 10.3. The quantitative estimate of drug-likeness (QED) is 0.606. The van der Waals surface area contributed by atoms with Crippen LogP contribution in [0.5, 0.6) is 5.75 Å². The van der Waals surface area contributed by atoms with Gasteiger partial charge in [0.25, 0.3) is 0 Å². The van der Waals surface area contributed by atoms with Crippen LogP contribution in [-0.2, 0) is 0 Å². The van der Waals surface area contributed by atoms with Gasteiger partial charge in [-0.15, -0.1) is 6.58 Å². The Balaban J connectivity index is 2.69. The Labute approximate surface area is 135 Å². The fourth-order valence-corrected chi connectivity index (χ4v) is 2.73. The van der Waals surface area contributed by atoms with E-state index in [1.807, 2.05) is 24.3 Å². The molecule has 0 aromatic heterocycles. The van der Waals surface area contributed by atoms with Gasteiger partial charge in [-0.05, 0) is 36.5 Å². The van der Waals surface area contributed by atoms with Crippen LogP contribution in [0.2, 0.25) is 0 Å². The largest absolute Gasteiger partial charge is 0.493 e. The molecule has 1 rings (SSSR count). The molecule has 3 nitrogen and oxygen atoms in total. The van der Waals surface area contributed by atoms with Gasteiger partial charge in [0.1, 0.15) is 5.75 Å². The number of hydrogen-bond donors (Lipinski definition) is 2. The molecule has 124 valence electrons. The van der Waals surface area contributed by atoms with Crippen molar-refractivity contribution >= 4 is 0 Å². The molecule has 0 heterocycles. The Bertz CT molecular complexity index is 427. The molecule has 0 bridgehead atoms. The average molecular weight is 305 g/mol. The van der Waals surface area contributed by atoms with Crippen LogP contribution < -0.4 is 10.5 Å². The lowest BCUT2D eigenvalue weighted by Crippen LogP contribution is -2.20. The van der Waals surface area contributed by atoms with Gasteiger partial charge in [0, 0.05) is 12.5 Å². The standard InChI is InChI=1S/C19H31NO2/c1-4-8-15(9-5-2)14-22-18-11-7-10-17(12-18)19(21)16(6-3)13-20/h6-7,10-12,15-16,19,21H,3-5,8-9,13-14,20H2,1-2H3/t16?,19-/m1/s1. The third-order valence-corrected chi connectivity index (χ3v) is 4.06. The Morgan fingerprint density at radius 3 is 2.50 bits per heavy atom. The molecule has 0 saturated carbocycles. The molecule has 3 heteroatoms. The monoisotopic (exact) mass is 305 g/mol. The van der Waals surface area contributed by atoms with Gasteiger partial charge in [0.05, 0.1) is 12.7 Å². The summed E-state index contributed by atoms with van der Waals surface area (Å²) in [6.07, 6.45) is 5.84. The molecule has 1 aromatic rings. The summed E-state index contributed by atoms with van der Waals surface area (Å²) in [5.74, 6) is 1.28. The molecule has 3 N–H and O–H groups in total. The van der Waals surface area contributed by atoms with Crippen molar-refractivity contribution in [3.05, 3.63) is 42.5 Å². The number of hydrogen-bond acceptors (Lipinski definition) is 3. The van der Waals surface area contributed by atoms with Crippen LogP contribution in [0.1, 0.15) is 51.2 Å². The molecule has 0 aliphatic carbocycles. The average Bonchev–Trinajstić information content (AvgIpc) is 2.54. The molecular weight excluding hydrogens is 274 g/mol. The number of ether oxygens (including phenoxy) is 1. The number of aliphatic hydroxyl groups excluding tert-OH is 1. The van der Waals surface area contributed by atoms with E-state index in [0.717, 1.165) is 17.9 Å². The molecule has 0 saturated heterocycles. The van der Waals surface area contributed by atoms with Crippen molar-refractivity contribution in [2.24, 2.45) is 17.6 Å². The molecule has 0 aliphatic heterocycles. The Hall–Kier alpha value is -1.32. The first-order chi connectivity index (χ1) is 10.7. The number of nitrogens with two attached hydrogens (primary N) is 1. The second-order valence-corrected chi connectivity index (χ2v) is 5.91. The highest BCUT2D eigenvalue weighted by molar-refractivity contribution is 5.30. The Kier molecular flexibility index (Phi) is 8.86. The molecule has 0 aliphatic rings. The molecule has 1 aromatic carbocycles. The van der Waals surface area contributed by atoms with E-state index in [9.17, 15) is 5.11 Å². The van der Waals surface area contributed by atoms with Gasteiger partial charge < -0.3 is 15.6 Å². The summed E-state index contributed by atoms with van der Waals surface area (Å²) in [4.78, 5) is 0. The SMILES string of the molecule is C=CC(CN)[C@@H](O)c1cccc(OCC(CCC)CCC)c1. The molecular formula is C19H31NO2. The summed E-state index contributed by atoms with van der Waals surface area (Å²) in [6.45, 7) is 9.27. The predicted octanol–water partition coefficient (Wildman–Crippen LogP) is 4.08. The van der Waals surface area contributed by atoms with Crippen molar-refractivity contribution in [1.82, 2.24) is 0 Å². The summed E-state index contributed by atoms with van der Waals surface area (Å²) < 4.78 is 5.94. The predicted molar refractivity (Wildman–Crippen MR) is 92.9 cm³/mol. The minimum atomic E-state index is -0.631. The van der Waals surface area contributed by atoms with Gasteiger partial charge in [0.15, 0.2) is 0 Å². The normalized spacial score (nSPS) is 13.9. The minimum absolute atomic E-state index is 0.136. The van der Waals surface area contributed by atoms with Crippen molar-refractivity contribution in [2.45, 2.75) is 45.6 Å². The number of aliphatic hydroxyl groups is 1. The lowest BCUT2D eigenvalue weighted by atomic mass is 9.96. The van der Waals surface area contributed by atoms with Gasteiger partial charge in [-0.2, -0.15) is 0 Å². The maximum absolute atomic E-state index is 10.3. The third-order valence-electron chi connectivity index (χ3n) is 4.06. The topological polar surface area (TPSA) is 55.5 Å². The Morgan fingerprint density at radius 2 is 1.95 bits per heavy atom. The van der Waals surface area contributed by atoms with Crippen molar-refractivity contribution in [3.63, 3.8) is 0 Å². The number of benzene rings is 1. The summed E-state index contributed by atoms with van der Waals surface area (Å²) >= 11 is 0. The van der Waals surface area contributed by atoms with Crippen LogP contribution in [0, 0.1) is 11.8 Å². The summed E-state index contributed by atoms with van der Waals surface area (Å²) in [5.41, 5.74) is 6.49. The van der Waals surface area contributed by atoms with Crippen molar-refractivity contribution < 1.29 is 9.84 Å². The van der Waals surface area contributed by atoms with Crippen LogP contribution in [0.4, 0.5) is 0 Å². The molecule has 0 radical (unpaired) electrons. The minimum Gasteiger partial charge on any atom is -0.493 e. The summed E-state index contributed by atoms with van der Waals surface area (Å²) in [6, 6.07) is 7.67. The van der Waals surface area contributed by atoms with Gasteiger partial charge in [0.2, 0.25) is 0 Å². The van der Waals surface area contributed by atoms with E-state index in [1.54, 1.807) is 6.08 Å². The third kappa shape index (κ3) is 5.82. The van der Waals surface area contributed by atoms with E-state index in [0.29, 0.717) is 12.5 Å². The summed E-state index contributed by atoms with van der Waals surface area (Å²) in [5, 5.41) is 10.3. The molecule has 1 unspecified atom stereocenters. The van der Waals surface area contributed by atoms with E-state index in [4.69, 9.17) is 10.5 Å².